The van der Waals surface area contributed by atoms with Gasteiger partial charge in [0.15, 0.2) is 0 Å². The second-order valence-electron chi connectivity index (χ2n) is 16.4. The number of hydrogen-bond acceptors (Lipinski definition) is 2. The van der Waals surface area contributed by atoms with E-state index in [-0.39, 0.29) is 0 Å². The molecule has 0 saturated heterocycles. The van der Waals surface area contributed by atoms with Crippen LogP contribution in [-0.2, 0) is 0 Å². The fraction of sp³-hybridized carbons (Fsp3) is 0. The summed E-state index contributed by atoms with van der Waals surface area (Å²) < 4.78 is 2.62. The Kier molecular flexibility index (Phi) is 9.43. The van der Waals surface area contributed by atoms with Gasteiger partial charge in [0.2, 0.25) is 0 Å². The van der Waals surface area contributed by atoms with Crippen LogP contribution in [-0.4, -0.2) is 0 Å². The summed E-state index contributed by atoms with van der Waals surface area (Å²) in [6, 6.07) is 90.9. The molecule has 12 rings (SSSR count). The van der Waals surface area contributed by atoms with Crippen LogP contribution in [0.15, 0.2) is 249 Å². The molecule has 1 heterocycles. The number of para-hydroxylation sites is 1. The highest BCUT2D eigenvalue weighted by atomic mass is 32.1. The smallest absolute Gasteiger partial charge is 0.0540 e. The number of nitrogens with zero attached hydrogens (tertiary/aromatic N) is 1. The fourth-order valence-electron chi connectivity index (χ4n) is 9.75. The number of thiophene rings is 1. The molecule has 0 bridgehead atoms. The summed E-state index contributed by atoms with van der Waals surface area (Å²) in [7, 11) is 0. The normalized spacial score (nSPS) is 11.4. The van der Waals surface area contributed by atoms with Crippen LogP contribution in [0.1, 0.15) is 0 Å². The SMILES string of the molecule is c1ccc(-c2ccccc2N(c2cccc(-c3ccc4c(c3)c(-c3ccccc3)c(-c3ccccc3)c3ccccc34)c2)c2cccc(-c3cccc4c3sc3ccccc34)c2)cc1. The number of fused-ring (bicyclic) bond motifs is 6. The lowest BCUT2D eigenvalue weighted by molar-refractivity contribution is 1.28. The largest absolute Gasteiger partial charge is 0.310 e. The van der Waals surface area contributed by atoms with E-state index in [2.05, 4.69) is 254 Å². The summed E-state index contributed by atoms with van der Waals surface area (Å²) in [6.07, 6.45) is 0. The Bertz CT molecular complexity index is 3660. The Morgan fingerprint density at radius 3 is 1.48 bits per heavy atom. The third kappa shape index (κ3) is 6.55. The Hall–Kier alpha value is -8.04. The molecule has 64 heavy (non-hydrogen) atoms. The summed E-state index contributed by atoms with van der Waals surface area (Å²) in [4.78, 5) is 2.44. The molecular formula is C62H41NS. The van der Waals surface area contributed by atoms with E-state index in [0.717, 1.165) is 22.6 Å². The molecule has 0 atom stereocenters. The van der Waals surface area contributed by atoms with Crippen molar-refractivity contribution in [2.75, 3.05) is 4.90 Å². The molecule has 0 aliphatic rings. The molecule has 0 N–H and O–H groups in total. The monoisotopic (exact) mass is 831 g/mol. The van der Waals surface area contributed by atoms with E-state index in [1.807, 2.05) is 11.3 Å². The van der Waals surface area contributed by atoms with Crippen molar-refractivity contribution in [1.82, 2.24) is 0 Å². The molecule has 0 aliphatic heterocycles. The topological polar surface area (TPSA) is 3.24 Å². The summed E-state index contributed by atoms with van der Waals surface area (Å²) >= 11 is 1.88. The van der Waals surface area contributed by atoms with Crippen molar-refractivity contribution < 1.29 is 0 Å². The van der Waals surface area contributed by atoms with Gasteiger partial charge < -0.3 is 4.90 Å². The van der Waals surface area contributed by atoms with Gasteiger partial charge in [0, 0.05) is 37.1 Å². The van der Waals surface area contributed by atoms with E-state index < -0.39 is 0 Å². The van der Waals surface area contributed by atoms with E-state index in [1.165, 1.54) is 91.8 Å². The van der Waals surface area contributed by atoms with Gasteiger partial charge in [-0.25, -0.2) is 0 Å². The van der Waals surface area contributed by atoms with Crippen molar-refractivity contribution in [2.24, 2.45) is 0 Å². The van der Waals surface area contributed by atoms with Gasteiger partial charge in [-0.3, -0.25) is 0 Å². The highest BCUT2D eigenvalue weighted by Gasteiger charge is 2.21. The molecule has 0 saturated carbocycles. The quantitative estimate of drug-likeness (QED) is 0.138. The maximum Gasteiger partial charge on any atom is 0.0540 e. The van der Waals surface area contributed by atoms with Gasteiger partial charge in [-0.05, 0) is 114 Å². The minimum absolute atomic E-state index is 1.09. The average Bonchev–Trinajstić information content (AvgIpc) is 3.76. The van der Waals surface area contributed by atoms with Gasteiger partial charge in [-0.1, -0.05) is 206 Å². The number of rotatable bonds is 8. The van der Waals surface area contributed by atoms with Crippen molar-refractivity contribution in [3.8, 4) is 55.6 Å². The minimum atomic E-state index is 1.09. The van der Waals surface area contributed by atoms with Gasteiger partial charge in [-0.15, -0.1) is 11.3 Å². The second-order valence-corrected chi connectivity index (χ2v) is 17.4. The predicted molar refractivity (Wildman–Crippen MR) is 276 cm³/mol. The van der Waals surface area contributed by atoms with Crippen LogP contribution in [0.5, 0.6) is 0 Å². The maximum atomic E-state index is 2.44. The van der Waals surface area contributed by atoms with Crippen molar-refractivity contribution in [1.29, 1.82) is 0 Å². The third-order valence-corrected chi connectivity index (χ3v) is 13.9. The van der Waals surface area contributed by atoms with Crippen molar-refractivity contribution in [3.05, 3.63) is 249 Å². The first-order valence-electron chi connectivity index (χ1n) is 21.9. The maximum absolute atomic E-state index is 2.44. The third-order valence-electron chi connectivity index (χ3n) is 12.6. The molecule has 0 unspecified atom stereocenters. The van der Waals surface area contributed by atoms with Gasteiger partial charge in [0.05, 0.1) is 5.69 Å². The first kappa shape index (κ1) is 37.7. The van der Waals surface area contributed by atoms with E-state index in [4.69, 9.17) is 0 Å². The standard InChI is InChI=1S/C62H41NS/c1-4-19-42(20-5-1)50-29-12-14-35-58(50)63(49-28-17-26-47(40-49)51-33-18-34-56-54-31-13-15-36-59(54)64-62(51)56)48-27-16-25-45(39-48)46-37-38-53-52-30-10-11-32-55(52)60(43-21-6-2-7-22-43)61(57(53)41-46)44-23-8-3-9-24-44/h1-41H. The molecule has 1 aromatic heterocycles. The van der Waals surface area contributed by atoms with Crippen LogP contribution in [0.3, 0.4) is 0 Å². The molecule has 1 nitrogen and oxygen atoms in total. The van der Waals surface area contributed by atoms with Crippen LogP contribution in [0, 0.1) is 0 Å². The van der Waals surface area contributed by atoms with Gasteiger partial charge in [0.25, 0.3) is 0 Å². The van der Waals surface area contributed by atoms with Crippen LogP contribution in [0.2, 0.25) is 0 Å². The fourth-order valence-corrected chi connectivity index (χ4v) is 11.0. The molecule has 12 aromatic rings. The lowest BCUT2D eigenvalue weighted by atomic mass is 9.84. The highest BCUT2D eigenvalue weighted by molar-refractivity contribution is 7.26. The first-order valence-corrected chi connectivity index (χ1v) is 22.7. The molecule has 0 fully saturated rings. The zero-order valence-corrected chi connectivity index (χ0v) is 35.8. The summed E-state index contributed by atoms with van der Waals surface area (Å²) in [5, 5.41) is 7.61. The van der Waals surface area contributed by atoms with Gasteiger partial charge in [-0.2, -0.15) is 0 Å². The molecular weight excluding hydrogens is 791 g/mol. The highest BCUT2D eigenvalue weighted by Crippen LogP contribution is 2.48. The number of anilines is 3. The van der Waals surface area contributed by atoms with Crippen LogP contribution < -0.4 is 4.90 Å². The van der Waals surface area contributed by atoms with E-state index in [0.29, 0.717) is 0 Å². The molecule has 0 aliphatic carbocycles. The molecule has 11 aromatic carbocycles. The Morgan fingerprint density at radius 1 is 0.266 bits per heavy atom. The summed E-state index contributed by atoms with van der Waals surface area (Å²) in [6.45, 7) is 0. The van der Waals surface area contributed by atoms with Crippen LogP contribution in [0.4, 0.5) is 17.1 Å². The van der Waals surface area contributed by atoms with Gasteiger partial charge >= 0.3 is 0 Å². The Balaban J connectivity index is 1.06. The summed E-state index contributed by atoms with van der Waals surface area (Å²) in [5.74, 6) is 0. The van der Waals surface area contributed by atoms with E-state index in [9.17, 15) is 0 Å². The van der Waals surface area contributed by atoms with Crippen molar-refractivity contribution >= 4 is 70.1 Å². The Labute approximate surface area is 377 Å². The van der Waals surface area contributed by atoms with E-state index in [1.54, 1.807) is 0 Å². The summed E-state index contributed by atoms with van der Waals surface area (Å²) in [5.41, 5.74) is 15.3. The van der Waals surface area contributed by atoms with Crippen molar-refractivity contribution in [2.45, 2.75) is 0 Å². The molecule has 0 amide bonds. The van der Waals surface area contributed by atoms with Crippen LogP contribution in [0.25, 0.3) is 97.4 Å². The molecule has 0 spiro atoms. The lowest BCUT2D eigenvalue weighted by Gasteiger charge is -2.29. The number of hydrogen-bond donors (Lipinski definition) is 0. The first-order chi connectivity index (χ1) is 31.8. The molecule has 0 radical (unpaired) electrons. The predicted octanol–water partition coefficient (Wildman–Crippen LogP) is 18.2. The van der Waals surface area contributed by atoms with Crippen molar-refractivity contribution in [3.63, 3.8) is 0 Å². The Morgan fingerprint density at radius 2 is 0.750 bits per heavy atom. The van der Waals surface area contributed by atoms with E-state index >= 15 is 0 Å². The van der Waals surface area contributed by atoms with Crippen LogP contribution >= 0.6 is 11.3 Å². The second kappa shape index (κ2) is 16.0. The minimum Gasteiger partial charge on any atom is -0.310 e. The molecule has 300 valence electrons. The zero-order chi connectivity index (χ0) is 42.4. The number of benzene rings is 11. The zero-order valence-electron chi connectivity index (χ0n) is 35.0. The van der Waals surface area contributed by atoms with Gasteiger partial charge in [0.1, 0.15) is 0 Å². The lowest BCUT2D eigenvalue weighted by Crippen LogP contribution is -2.11. The average molecular weight is 832 g/mol. The molecule has 2 heteroatoms.